The molecule has 0 aliphatic carbocycles. The van der Waals surface area contributed by atoms with Crippen molar-refractivity contribution in [1.29, 1.82) is 0 Å². The Hall–Kier alpha value is -2.08. The number of likely N-dealkylation sites (N-methyl/N-ethyl adjacent to an activating group) is 1. The largest absolute Gasteiger partial charge is 0.478 e. The van der Waals surface area contributed by atoms with Gasteiger partial charge in [0.05, 0.1) is 11.3 Å². The SMILES string of the molecule is CCOCC(=O)N(C)c1cc(N(C)C)ccc1C(=O)O. The molecule has 0 spiro atoms. The van der Waals surface area contributed by atoms with Crippen molar-refractivity contribution < 1.29 is 19.4 Å². The van der Waals surface area contributed by atoms with Crippen LogP contribution in [0.5, 0.6) is 0 Å². The van der Waals surface area contributed by atoms with E-state index in [0.717, 1.165) is 5.69 Å². The van der Waals surface area contributed by atoms with E-state index in [4.69, 9.17) is 4.74 Å². The van der Waals surface area contributed by atoms with Crippen LogP contribution in [0.3, 0.4) is 0 Å². The van der Waals surface area contributed by atoms with Gasteiger partial charge in [-0.3, -0.25) is 4.79 Å². The second kappa shape index (κ2) is 6.91. The molecule has 1 amide bonds. The summed E-state index contributed by atoms with van der Waals surface area (Å²) in [5.74, 6) is -1.35. The van der Waals surface area contributed by atoms with Crippen molar-refractivity contribution in [2.24, 2.45) is 0 Å². The quantitative estimate of drug-likeness (QED) is 0.854. The summed E-state index contributed by atoms with van der Waals surface area (Å²) >= 11 is 0. The first-order valence-electron chi connectivity index (χ1n) is 6.27. The van der Waals surface area contributed by atoms with Gasteiger partial charge in [0, 0.05) is 33.4 Å². The average molecular weight is 280 g/mol. The van der Waals surface area contributed by atoms with Gasteiger partial charge in [-0.05, 0) is 25.1 Å². The fourth-order valence-corrected chi connectivity index (χ4v) is 1.68. The van der Waals surface area contributed by atoms with E-state index in [2.05, 4.69) is 0 Å². The highest BCUT2D eigenvalue weighted by Crippen LogP contribution is 2.25. The number of carbonyl (C=O) groups excluding carboxylic acids is 1. The summed E-state index contributed by atoms with van der Waals surface area (Å²) in [5.41, 5.74) is 1.26. The van der Waals surface area contributed by atoms with Crippen LogP contribution in [0.25, 0.3) is 0 Å². The van der Waals surface area contributed by atoms with Crippen molar-refractivity contribution >= 4 is 23.3 Å². The van der Waals surface area contributed by atoms with Gasteiger partial charge < -0.3 is 19.6 Å². The molecular weight excluding hydrogens is 260 g/mol. The number of hydrogen-bond donors (Lipinski definition) is 1. The van der Waals surface area contributed by atoms with Crippen molar-refractivity contribution in [3.8, 4) is 0 Å². The van der Waals surface area contributed by atoms with Gasteiger partial charge in [0.15, 0.2) is 0 Å². The monoisotopic (exact) mass is 280 g/mol. The van der Waals surface area contributed by atoms with E-state index < -0.39 is 5.97 Å². The van der Waals surface area contributed by atoms with Crippen molar-refractivity contribution in [3.63, 3.8) is 0 Å². The summed E-state index contributed by atoms with van der Waals surface area (Å²) in [6, 6.07) is 4.87. The van der Waals surface area contributed by atoms with Crippen LogP contribution in [0.4, 0.5) is 11.4 Å². The minimum Gasteiger partial charge on any atom is -0.478 e. The molecular formula is C14H20N2O4. The first-order valence-corrected chi connectivity index (χ1v) is 6.27. The minimum atomic E-state index is -1.07. The summed E-state index contributed by atoms with van der Waals surface area (Å²) < 4.78 is 5.07. The van der Waals surface area contributed by atoms with Gasteiger partial charge in [0.25, 0.3) is 5.91 Å². The van der Waals surface area contributed by atoms with Gasteiger partial charge in [-0.25, -0.2) is 4.79 Å². The normalized spacial score (nSPS) is 10.2. The van der Waals surface area contributed by atoms with Gasteiger partial charge >= 0.3 is 5.97 Å². The van der Waals surface area contributed by atoms with Crippen molar-refractivity contribution in [1.82, 2.24) is 0 Å². The van der Waals surface area contributed by atoms with Crippen molar-refractivity contribution in [2.75, 3.05) is 44.2 Å². The van der Waals surface area contributed by atoms with E-state index in [0.29, 0.717) is 12.3 Å². The lowest BCUT2D eigenvalue weighted by Crippen LogP contribution is -2.31. The smallest absolute Gasteiger partial charge is 0.337 e. The Bertz CT molecular complexity index is 500. The van der Waals surface area contributed by atoms with E-state index in [1.54, 1.807) is 26.1 Å². The number of nitrogens with zero attached hydrogens (tertiary/aromatic N) is 2. The molecule has 0 aromatic heterocycles. The molecule has 110 valence electrons. The Labute approximate surface area is 118 Å². The maximum Gasteiger partial charge on any atom is 0.337 e. The van der Waals surface area contributed by atoms with Crippen molar-refractivity contribution in [3.05, 3.63) is 23.8 Å². The molecule has 0 unspecified atom stereocenters. The first kappa shape index (κ1) is 16.0. The minimum absolute atomic E-state index is 0.0712. The number of carbonyl (C=O) groups is 2. The van der Waals surface area contributed by atoms with E-state index >= 15 is 0 Å². The third kappa shape index (κ3) is 3.71. The topological polar surface area (TPSA) is 70.1 Å². The predicted octanol–water partition coefficient (Wildman–Crippen LogP) is 1.45. The van der Waals surface area contributed by atoms with E-state index in [1.165, 1.54) is 11.0 Å². The van der Waals surface area contributed by atoms with E-state index in [-0.39, 0.29) is 18.1 Å². The average Bonchev–Trinajstić information content (AvgIpc) is 2.42. The van der Waals surface area contributed by atoms with Gasteiger partial charge in [-0.2, -0.15) is 0 Å². The number of anilines is 2. The highest BCUT2D eigenvalue weighted by molar-refractivity contribution is 6.02. The third-order valence-corrected chi connectivity index (χ3v) is 2.89. The van der Waals surface area contributed by atoms with Crippen LogP contribution in [0.15, 0.2) is 18.2 Å². The summed E-state index contributed by atoms with van der Waals surface area (Å²) in [6.07, 6.45) is 0. The number of benzene rings is 1. The molecule has 1 rings (SSSR count). The highest BCUT2D eigenvalue weighted by Gasteiger charge is 2.19. The Balaban J connectivity index is 3.14. The molecule has 0 aliphatic rings. The predicted molar refractivity (Wildman–Crippen MR) is 77.6 cm³/mol. The summed E-state index contributed by atoms with van der Waals surface area (Å²) in [7, 11) is 5.24. The molecule has 0 atom stereocenters. The van der Waals surface area contributed by atoms with Gasteiger partial charge in [-0.1, -0.05) is 0 Å². The van der Waals surface area contributed by atoms with Gasteiger partial charge in [0.2, 0.25) is 0 Å². The maximum absolute atomic E-state index is 12.0. The number of ether oxygens (including phenoxy) is 1. The van der Waals surface area contributed by atoms with Crippen LogP contribution in [0, 0.1) is 0 Å². The fraction of sp³-hybridized carbons (Fsp3) is 0.429. The van der Waals surface area contributed by atoms with Crippen LogP contribution in [0.1, 0.15) is 17.3 Å². The lowest BCUT2D eigenvalue weighted by Gasteiger charge is -2.22. The Morgan fingerprint density at radius 1 is 1.25 bits per heavy atom. The number of rotatable bonds is 6. The van der Waals surface area contributed by atoms with E-state index in [1.807, 2.05) is 19.0 Å². The molecule has 0 aliphatic heterocycles. The number of carboxylic acid groups (broad SMARTS) is 1. The molecule has 6 nitrogen and oxygen atoms in total. The zero-order valence-corrected chi connectivity index (χ0v) is 12.2. The Morgan fingerprint density at radius 2 is 1.90 bits per heavy atom. The highest BCUT2D eigenvalue weighted by atomic mass is 16.5. The van der Waals surface area contributed by atoms with Crippen LogP contribution in [0.2, 0.25) is 0 Å². The molecule has 1 N–H and O–H groups in total. The molecule has 6 heteroatoms. The van der Waals surface area contributed by atoms with Crippen LogP contribution >= 0.6 is 0 Å². The number of amides is 1. The lowest BCUT2D eigenvalue weighted by atomic mass is 10.1. The molecule has 0 saturated carbocycles. The first-order chi connectivity index (χ1) is 9.38. The lowest BCUT2D eigenvalue weighted by molar-refractivity contribution is -0.122. The summed E-state index contributed by atoms with van der Waals surface area (Å²) in [6.45, 7) is 2.16. The van der Waals surface area contributed by atoms with Gasteiger partial charge in [0.1, 0.15) is 6.61 Å². The number of aromatic carboxylic acids is 1. The number of carboxylic acids is 1. The molecule has 0 saturated heterocycles. The summed E-state index contributed by atoms with van der Waals surface area (Å²) in [4.78, 5) is 26.4. The number of hydrogen-bond acceptors (Lipinski definition) is 4. The Kier molecular flexibility index (Phi) is 5.52. The Morgan fingerprint density at radius 3 is 2.40 bits per heavy atom. The molecule has 0 radical (unpaired) electrons. The van der Waals surface area contributed by atoms with Crippen LogP contribution in [-0.4, -0.2) is 51.3 Å². The molecule has 20 heavy (non-hydrogen) atoms. The standard InChI is InChI=1S/C14H20N2O4/c1-5-20-9-13(17)16(4)12-8-10(15(2)3)6-7-11(12)14(18)19/h6-8H,5,9H2,1-4H3,(H,18,19). The molecule has 1 aromatic carbocycles. The van der Waals surface area contributed by atoms with Gasteiger partial charge in [-0.15, -0.1) is 0 Å². The second-order valence-corrected chi connectivity index (χ2v) is 4.49. The molecule has 1 aromatic rings. The maximum atomic E-state index is 12.0. The molecule has 0 bridgehead atoms. The fourth-order valence-electron chi connectivity index (χ4n) is 1.68. The molecule has 0 heterocycles. The second-order valence-electron chi connectivity index (χ2n) is 4.49. The van der Waals surface area contributed by atoms with Crippen LogP contribution < -0.4 is 9.80 Å². The van der Waals surface area contributed by atoms with E-state index in [9.17, 15) is 14.7 Å². The van der Waals surface area contributed by atoms with Crippen LogP contribution in [-0.2, 0) is 9.53 Å². The zero-order chi connectivity index (χ0) is 15.3. The molecule has 0 fully saturated rings. The zero-order valence-electron chi connectivity index (χ0n) is 12.2. The summed E-state index contributed by atoms with van der Waals surface area (Å²) in [5, 5.41) is 9.22. The third-order valence-electron chi connectivity index (χ3n) is 2.89. The van der Waals surface area contributed by atoms with Crippen molar-refractivity contribution in [2.45, 2.75) is 6.92 Å².